The molecule has 0 saturated carbocycles. The third-order valence-electron chi connectivity index (χ3n) is 8.05. The summed E-state index contributed by atoms with van der Waals surface area (Å²) in [5, 5.41) is 12.3. The first-order valence-electron chi connectivity index (χ1n) is 14.2. The molecule has 0 aliphatic carbocycles. The largest absolute Gasteiger partial charge is 0.496 e. The molecular formula is C31H32N6O5. The summed E-state index contributed by atoms with van der Waals surface area (Å²) >= 11 is 0. The Kier molecular flexibility index (Phi) is 6.46. The molecule has 0 spiro atoms. The Balaban J connectivity index is 1.39. The summed E-state index contributed by atoms with van der Waals surface area (Å²) < 4.78 is 23.5. The molecule has 0 unspecified atom stereocenters. The number of piperidine rings is 1. The Bertz CT molecular complexity index is 1830. The topological polar surface area (TPSA) is 136 Å². The number of hydrogen-bond donors (Lipinski definition) is 3. The van der Waals surface area contributed by atoms with E-state index in [0.717, 1.165) is 64.6 Å². The number of H-pyrrole nitrogens is 1. The van der Waals surface area contributed by atoms with Gasteiger partial charge >= 0.3 is 0 Å². The molecule has 0 atom stereocenters. The fraction of sp³-hybridized carbons (Fsp3) is 0.355. The van der Waals surface area contributed by atoms with E-state index in [-0.39, 0.29) is 11.9 Å². The SMILES string of the molecule is COc1cc2c(cc1-c1c(C)noc1C)[nH]c1nc(C)nc(-c3ccc(C(=O)NC4CCNCC4)c4c3OCCO4)c12. The number of nitrogens with one attached hydrogen (secondary N) is 3. The predicted octanol–water partition coefficient (Wildman–Crippen LogP) is 4.62. The van der Waals surface area contributed by atoms with Gasteiger partial charge in [-0.2, -0.15) is 0 Å². The van der Waals surface area contributed by atoms with Crippen LogP contribution in [0.3, 0.4) is 0 Å². The fourth-order valence-electron chi connectivity index (χ4n) is 6.09. The maximum Gasteiger partial charge on any atom is 0.255 e. The minimum absolute atomic E-state index is 0.124. The minimum atomic E-state index is -0.164. The molecule has 2 aromatic carbocycles. The molecule has 0 radical (unpaired) electrons. The van der Waals surface area contributed by atoms with Crippen LogP contribution in [0, 0.1) is 20.8 Å². The Labute approximate surface area is 241 Å². The highest BCUT2D eigenvalue weighted by atomic mass is 16.6. The number of aromatic nitrogens is 4. The van der Waals surface area contributed by atoms with Gasteiger partial charge in [0.1, 0.15) is 36.2 Å². The summed E-state index contributed by atoms with van der Waals surface area (Å²) in [4.78, 5) is 26.4. The van der Waals surface area contributed by atoms with Crippen molar-refractivity contribution >= 4 is 27.8 Å². The zero-order chi connectivity index (χ0) is 29.0. The predicted molar refractivity (Wildman–Crippen MR) is 157 cm³/mol. The number of nitrogens with zero attached hydrogens (tertiary/aromatic N) is 3. The summed E-state index contributed by atoms with van der Waals surface area (Å²) in [7, 11) is 1.65. The summed E-state index contributed by atoms with van der Waals surface area (Å²) in [6.07, 6.45) is 1.78. The van der Waals surface area contributed by atoms with E-state index < -0.39 is 0 Å². The number of amides is 1. The van der Waals surface area contributed by atoms with E-state index in [1.807, 2.05) is 39.0 Å². The van der Waals surface area contributed by atoms with Crippen LogP contribution >= 0.6 is 0 Å². The second-order valence-electron chi connectivity index (χ2n) is 10.8. The Hall–Kier alpha value is -4.64. The van der Waals surface area contributed by atoms with Gasteiger partial charge in [0.2, 0.25) is 0 Å². The molecular weight excluding hydrogens is 536 g/mol. The number of aryl methyl sites for hydroxylation is 3. The van der Waals surface area contributed by atoms with Gasteiger partial charge < -0.3 is 34.4 Å². The Morgan fingerprint density at radius 3 is 2.55 bits per heavy atom. The van der Waals surface area contributed by atoms with E-state index in [1.54, 1.807) is 13.2 Å². The molecule has 3 aromatic heterocycles. The minimum Gasteiger partial charge on any atom is -0.496 e. The van der Waals surface area contributed by atoms with Crippen molar-refractivity contribution in [2.45, 2.75) is 39.7 Å². The van der Waals surface area contributed by atoms with Crippen LogP contribution < -0.4 is 24.8 Å². The van der Waals surface area contributed by atoms with Crippen molar-refractivity contribution in [3.63, 3.8) is 0 Å². The summed E-state index contributed by atoms with van der Waals surface area (Å²) in [6, 6.07) is 7.83. The highest BCUT2D eigenvalue weighted by Crippen LogP contribution is 2.46. The van der Waals surface area contributed by atoms with Gasteiger partial charge in [0.05, 0.1) is 35.0 Å². The molecule has 11 nitrogen and oxygen atoms in total. The van der Waals surface area contributed by atoms with Crippen LogP contribution in [0.5, 0.6) is 17.2 Å². The standard InChI is InChI=1S/C31H32N6O5/c1-15-25(16(2)42-37-15)22-13-23-21(14-24(22)39-4)26-27(33-17(3)34-30(26)36-23)19-5-6-20(29-28(19)40-11-12-41-29)31(38)35-18-7-9-32-10-8-18/h5-6,13-14,18,32H,7-12H2,1-4H3,(H,35,38)(H,33,34,36). The maximum absolute atomic E-state index is 13.4. The molecule has 1 fully saturated rings. The van der Waals surface area contributed by atoms with Gasteiger partial charge in [-0.25, -0.2) is 9.97 Å². The van der Waals surface area contributed by atoms with E-state index in [4.69, 9.17) is 28.7 Å². The number of carbonyl (C=O) groups excluding carboxylic acids is 1. The molecule has 5 heterocycles. The normalized spacial score (nSPS) is 15.3. The first-order valence-corrected chi connectivity index (χ1v) is 14.2. The van der Waals surface area contributed by atoms with Crippen molar-refractivity contribution in [2.75, 3.05) is 33.4 Å². The summed E-state index contributed by atoms with van der Waals surface area (Å²) in [6.45, 7) is 8.16. The van der Waals surface area contributed by atoms with Crippen LogP contribution in [0.2, 0.25) is 0 Å². The number of hydrogen-bond acceptors (Lipinski definition) is 9. The van der Waals surface area contributed by atoms with Crippen molar-refractivity contribution in [3.05, 3.63) is 47.1 Å². The van der Waals surface area contributed by atoms with Gasteiger partial charge in [-0.1, -0.05) is 5.16 Å². The molecule has 216 valence electrons. The quantitative estimate of drug-likeness (QED) is 0.277. The van der Waals surface area contributed by atoms with Crippen LogP contribution in [0.4, 0.5) is 0 Å². The molecule has 7 rings (SSSR count). The molecule has 2 aliphatic heterocycles. The van der Waals surface area contributed by atoms with Crippen LogP contribution in [-0.4, -0.2) is 65.5 Å². The van der Waals surface area contributed by atoms with E-state index in [0.29, 0.717) is 59.0 Å². The van der Waals surface area contributed by atoms with E-state index in [2.05, 4.69) is 20.8 Å². The number of rotatable bonds is 5. The van der Waals surface area contributed by atoms with Crippen molar-refractivity contribution in [1.82, 2.24) is 30.7 Å². The Morgan fingerprint density at radius 2 is 1.81 bits per heavy atom. The van der Waals surface area contributed by atoms with Crippen molar-refractivity contribution < 1.29 is 23.5 Å². The van der Waals surface area contributed by atoms with Gasteiger partial charge in [0, 0.05) is 28.1 Å². The second kappa shape index (κ2) is 10.3. The fourth-order valence-corrected chi connectivity index (χ4v) is 6.09. The zero-order valence-electron chi connectivity index (χ0n) is 24.0. The number of benzene rings is 2. The summed E-state index contributed by atoms with van der Waals surface area (Å²) in [5.41, 5.74) is 5.97. The van der Waals surface area contributed by atoms with Gasteiger partial charge in [0.25, 0.3) is 5.91 Å². The smallest absolute Gasteiger partial charge is 0.255 e. The summed E-state index contributed by atoms with van der Waals surface area (Å²) in [5.74, 6) is 2.77. The number of fused-ring (bicyclic) bond motifs is 4. The van der Waals surface area contributed by atoms with E-state index in [1.165, 1.54) is 0 Å². The van der Waals surface area contributed by atoms with Crippen molar-refractivity contribution in [2.24, 2.45) is 0 Å². The highest BCUT2D eigenvalue weighted by Gasteiger charge is 2.29. The molecule has 1 amide bonds. The van der Waals surface area contributed by atoms with Crippen LogP contribution in [0.25, 0.3) is 44.3 Å². The van der Waals surface area contributed by atoms with Crippen molar-refractivity contribution in [3.8, 4) is 39.6 Å². The van der Waals surface area contributed by atoms with E-state index in [9.17, 15) is 4.79 Å². The lowest BCUT2D eigenvalue weighted by Crippen LogP contribution is -2.42. The van der Waals surface area contributed by atoms with Gasteiger partial charge in [-0.3, -0.25) is 4.79 Å². The number of ether oxygens (including phenoxy) is 3. The lowest BCUT2D eigenvalue weighted by molar-refractivity contribution is 0.0918. The molecule has 42 heavy (non-hydrogen) atoms. The molecule has 2 aliphatic rings. The van der Waals surface area contributed by atoms with E-state index >= 15 is 0 Å². The van der Waals surface area contributed by atoms with Crippen LogP contribution in [0.15, 0.2) is 28.8 Å². The molecule has 11 heteroatoms. The highest BCUT2D eigenvalue weighted by molar-refractivity contribution is 6.14. The average Bonchev–Trinajstić information content (AvgIpc) is 3.53. The number of aromatic amines is 1. The van der Waals surface area contributed by atoms with Gasteiger partial charge in [-0.05, 0) is 71.0 Å². The molecule has 1 saturated heterocycles. The molecule has 0 bridgehead atoms. The van der Waals surface area contributed by atoms with Crippen LogP contribution in [0.1, 0.15) is 40.5 Å². The van der Waals surface area contributed by atoms with Gasteiger partial charge in [0.15, 0.2) is 11.5 Å². The van der Waals surface area contributed by atoms with Gasteiger partial charge in [-0.15, -0.1) is 0 Å². The zero-order valence-corrected chi connectivity index (χ0v) is 24.0. The monoisotopic (exact) mass is 568 g/mol. The Morgan fingerprint density at radius 1 is 1.02 bits per heavy atom. The maximum atomic E-state index is 13.4. The lowest BCUT2D eigenvalue weighted by atomic mass is 9.98. The third kappa shape index (κ3) is 4.32. The third-order valence-corrected chi connectivity index (χ3v) is 8.05. The number of methoxy groups -OCH3 is 1. The second-order valence-corrected chi connectivity index (χ2v) is 10.8. The molecule has 5 aromatic rings. The molecule has 3 N–H and O–H groups in total. The first-order chi connectivity index (χ1) is 20.4. The lowest BCUT2D eigenvalue weighted by Gasteiger charge is -2.26. The van der Waals surface area contributed by atoms with Crippen molar-refractivity contribution in [1.29, 1.82) is 0 Å². The van der Waals surface area contributed by atoms with Crippen LogP contribution in [-0.2, 0) is 0 Å². The number of carbonyl (C=O) groups is 1. The first kappa shape index (κ1) is 26.3. The average molecular weight is 569 g/mol.